The Kier molecular flexibility index (Phi) is 7.16. The van der Waals surface area contributed by atoms with E-state index in [1.165, 1.54) is 10.8 Å². The molecule has 9 nitrogen and oxygen atoms in total. The number of nitrogens with zero attached hydrogens (tertiary/aromatic N) is 6. The van der Waals surface area contributed by atoms with Crippen LogP contribution < -0.4 is 11.0 Å². The van der Waals surface area contributed by atoms with Crippen molar-refractivity contribution in [1.29, 1.82) is 0 Å². The van der Waals surface area contributed by atoms with Crippen LogP contribution in [0.5, 0.6) is 0 Å². The highest BCUT2D eigenvalue weighted by molar-refractivity contribution is 5.92. The largest absolute Gasteiger partial charge is 0.352 e. The van der Waals surface area contributed by atoms with E-state index in [9.17, 15) is 9.59 Å². The van der Waals surface area contributed by atoms with Crippen molar-refractivity contribution < 1.29 is 4.79 Å². The zero-order chi connectivity index (χ0) is 24.7. The van der Waals surface area contributed by atoms with Gasteiger partial charge in [0.2, 0.25) is 5.91 Å². The number of fused-ring (bicyclic) bond motifs is 1. The molecule has 1 amide bonds. The summed E-state index contributed by atoms with van der Waals surface area (Å²) in [5.74, 6) is 0.676. The molecule has 0 bridgehead atoms. The second kappa shape index (κ2) is 11.0. The van der Waals surface area contributed by atoms with Gasteiger partial charge in [-0.15, -0.1) is 0 Å². The number of amides is 1. The number of carbonyl (C=O) groups is 1. The first-order chi connectivity index (χ1) is 17.7. The first-order valence-electron chi connectivity index (χ1n) is 12.3. The third-order valence-electron chi connectivity index (χ3n) is 6.20. The molecular formula is C27H29N7O2. The second-order valence-corrected chi connectivity index (χ2v) is 8.87. The van der Waals surface area contributed by atoms with Gasteiger partial charge < -0.3 is 5.32 Å². The fourth-order valence-corrected chi connectivity index (χ4v) is 4.40. The van der Waals surface area contributed by atoms with E-state index in [1.807, 2.05) is 41.2 Å². The van der Waals surface area contributed by atoms with E-state index >= 15 is 0 Å². The zero-order valence-electron chi connectivity index (χ0n) is 20.1. The van der Waals surface area contributed by atoms with Crippen LogP contribution in [0.15, 0.2) is 71.9 Å². The number of hydrogen-bond acceptors (Lipinski definition) is 5. The molecule has 0 atom stereocenters. The first-order valence-corrected chi connectivity index (χ1v) is 12.3. The third-order valence-corrected chi connectivity index (χ3v) is 6.20. The van der Waals surface area contributed by atoms with Crippen molar-refractivity contribution in [2.45, 2.75) is 45.3 Å². The number of pyridine rings is 1. The fourth-order valence-electron chi connectivity index (χ4n) is 4.40. The number of aryl methyl sites for hydroxylation is 2. The lowest BCUT2D eigenvalue weighted by Gasteiger charge is -2.09. The van der Waals surface area contributed by atoms with Gasteiger partial charge in [-0.3, -0.25) is 19.0 Å². The van der Waals surface area contributed by atoms with Crippen LogP contribution in [0.3, 0.4) is 0 Å². The SMILES string of the molecule is O=C(/C=C/c1cn(Cc2ccccc2)nc1-c1cccnc1)NCCCn1nc2n(c1=O)CCCC2. The number of rotatable bonds is 9. The zero-order valence-corrected chi connectivity index (χ0v) is 20.1. The smallest absolute Gasteiger partial charge is 0.345 e. The van der Waals surface area contributed by atoms with E-state index in [2.05, 4.69) is 27.5 Å². The molecule has 1 aromatic carbocycles. The molecule has 4 aromatic rings. The van der Waals surface area contributed by atoms with Crippen LogP contribution in [-0.2, 0) is 30.8 Å². The summed E-state index contributed by atoms with van der Waals surface area (Å²) in [5.41, 5.74) is 3.59. The molecule has 0 spiro atoms. The van der Waals surface area contributed by atoms with Crippen molar-refractivity contribution in [3.05, 3.63) is 94.6 Å². The van der Waals surface area contributed by atoms with Gasteiger partial charge in [-0.05, 0) is 43.0 Å². The van der Waals surface area contributed by atoms with Crippen molar-refractivity contribution in [1.82, 2.24) is 34.4 Å². The van der Waals surface area contributed by atoms with Crippen LogP contribution in [0.1, 0.15) is 36.2 Å². The summed E-state index contributed by atoms with van der Waals surface area (Å²) >= 11 is 0. The van der Waals surface area contributed by atoms with Gasteiger partial charge in [0.05, 0.1) is 6.54 Å². The summed E-state index contributed by atoms with van der Waals surface area (Å²) < 4.78 is 5.16. The van der Waals surface area contributed by atoms with Crippen molar-refractivity contribution in [2.24, 2.45) is 0 Å². The molecule has 3 aromatic heterocycles. The minimum absolute atomic E-state index is 0.0497. The average Bonchev–Trinajstić information content (AvgIpc) is 3.47. The molecule has 1 aliphatic rings. The third kappa shape index (κ3) is 5.51. The van der Waals surface area contributed by atoms with Crippen LogP contribution in [-0.4, -0.2) is 41.6 Å². The maximum atomic E-state index is 12.5. The molecule has 0 saturated carbocycles. The lowest BCUT2D eigenvalue weighted by Crippen LogP contribution is -2.28. The predicted octanol–water partition coefficient (Wildman–Crippen LogP) is 2.91. The van der Waals surface area contributed by atoms with E-state index < -0.39 is 0 Å². The van der Waals surface area contributed by atoms with Crippen molar-refractivity contribution >= 4 is 12.0 Å². The van der Waals surface area contributed by atoms with Crippen LogP contribution in [0, 0.1) is 0 Å². The summed E-state index contributed by atoms with van der Waals surface area (Å²) in [6.07, 6.45) is 12.3. The van der Waals surface area contributed by atoms with Gasteiger partial charge >= 0.3 is 5.69 Å². The summed E-state index contributed by atoms with van der Waals surface area (Å²) in [5, 5.41) is 12.1. The van der Waals surface area contributed by atoms with Gasteiger partial charge in [-0.2, -0.15) is 10.2 Å². The average molecular weight is 484 g/mol. The number of carbonyl (C=O) groups excluding carboxylic acids is 1. The summed E-state index contributed by atoms with van der Waals surface area (Å²) in [4.78, 5) is 29.1. The molecule has 36 heavy (non-hydrogen) atoms. The molecule has 9 heteroatoms. The quantitative estimate of drug-likeness (QED) is 0.292. The van der Waals surface area contributed by atoms with Gasteiger partial charge in [0.25, 0.3) is 0 Å². The predicted molar refractivity (Wildman–Crippen MR) is 137 cm³/mol. The van der Waals surface area contributed by atoms with E-state index in [-0.39, 0.29) is 11.6 Å². The molecule has 0 aliphatic carbocycles. The number of benzene rings is 1. The fraction of sp³-hybridized carbons (Fsp3) is 0.296. The van der Waals surface area contributed by atoms with Crippen LogP contribution in [0.25, 0.3) is 17.3 Å². The van der Waals surface area contributed by atoms with E-state index in [0.29, 0.717) is 26.1 Å². The Morgan fingerprint density at radius 2 is 1.97 bits per heavy atom. The number of hydrogen-bond donors (Lipinski definition) is 1. The number of aromatic nitrogens is 6. The molecule has 0 unspecified atom stereocenters. The standard InChI is InChI=1S/C27H29N7O2/c35-25(29-15-7-17-34-27(36)33-16-5-4-11-24(33)30-34)13-12-23-20-32(19-21-8-2-1-3-9-21)31-26(23)22-10-6-14-28-18-22/h1-3,6,8-10,12-14,18,20H,4-5,7,11,15-17,19H2,(H,29,35)/b13-12+. The summed E-state index contributed by atoms with van der Waals surface area (Å²) in [6, 6.07) is 13.9. The Balaban J connectivity index is 1.21. The summed E-state index contributed by atoms with van der Waals surface area (Å²) in [6.45, 7) is 2.32. The van der Waals surface area contributed by atoms with E-state index in [1.54, 1.807) is 23.0 Å². The highest BCUT2D eigenvalue weighted by Gasteiger charge is 2.16. The molecular weight excluding hydrogens is 454 g/mol. The van der Waals surface area contributed by atoms with E-state index in [0.717, 1.165) is 54.0 Å². The lowest BCUT2D eigenvalue weighted by molar-refractivity contribution is -0.116. The highest BCUT2D eigenvalue weighted by atomic mass is 16.2. The minimum atomic E-state index is -0.195. The van der Waals surface area contributed by atoms with Gasteiger partial charge in [-0.25, -0.2) is 9.48 Å². The normalized spacial score (nSPS) is 13.1. The Morgan fingerprint density at radius 1 is 1.08 bits per heavy atom. The van der Waals surface area contributed by atoms with Gasteiger partial charge in [-0.1, -0.05) is 30.3 Å². The molecule has 184 valence electrons. The van der Waals surface area contributed by atoms with Gasteiger partial charge in [0.1, 0.15) is 11.5 Å². The van der Waals surface area contributed by atoms with Crippen LogP contribution in [0.4, 0.5) is 0 Å². The van der Waals surface area contributed by atoms with Gasteiger partial charge in [0.15, 0.2) is 0 Å². The maximum Gasteiger partial charge on any atom is 0.345 e. The molecule has 5 rings (SSSR count). The van der Waals surface area contributed by atoms with Crippen molar-refractivity contribution in [2.75, 3.05) is 6.54 Å². The molecule has 0 fully saturated rings. The Hall–Kier alpha value is -4.27. The van der Waals surface area contributed by atoms with Crippen molar-refractivity contribution in [3.63, 3.8) is 0 Å². The second-order valence-electron chi connectivity index (χ2n) is 8.87. The first kappa shape index (κ1) is 23.5. The monoisotopic (exact) mass is 483 g/mol. The maximum absolute atomic E-state index is 12.5. The Morgan fingerprint density at radius 3 is 2.78 bits per heavy atom. The molecule has 1 aliphatic heterocycles. The van der Waals surface area contributed by atoms with Crippen LogP contribution >= 0.6 is 0 Å². The van der Waals surface area contributed by atoms with E-state index in [4.69, 9.17) is 5.10 Å². The molecule has 1 N–H and O–H groups in total. The summed E-state index contributed by atoms with van der Waals surface area (Å²) in [7, 11) is 0. The van der Waals surface area contributed by atoms with Crippen LogP contribution in [0.2, 0.25) is 0 Å². The van der Waals surface area contributed by atoms with Crippen molar-refractivity contribution in [3.8, 4) is 11.3 Å². The Bertz CT molecular complexity index is 1400. The topological polar surface area (TPSA) is 99.6 Å². The Labute approximate surface area is 209 Å². The molecule has 4 heterocycles. The lowest BCUT2D eigenvalue weighted by atomic mass is 10.1. The minimum Gasteiger partial charge on any atom is -0.352 e. The van der Waals surface area contributed by atoms with Gasteiger partial charge in [0, 0.05) is 61.8 Å². The molecule has 0 radical (unpaired) electrons. The highest BCUT2D eigenvalue weighted by Crippen LogP contribution is 2.23. The number of nitrogens with one attached hydrogen (secondary N) is 1. The molecule has 0 saturated heterocycles.